The van der Waals surface area contributed by atoms with Crippen molar-refractivity contribution in [1.82, 2.24) is 5.32 Å². The van der Waals surface area contributed by atoms with E-state index in [2.05, 4.69) is 30.4 Å². The van der Waals surface area contributed by atoms with Gasteiger partial charge in [0.2, 0.25) is 0 Å². The minimum absolute atomic E-state index is 0.0111. The summed E-state index contributed by atoms with van der Waals surface area (Å²) in [6.07, 6.45) is 0. The van der Waals surface area contributed by atoms with E-state index in [9.17, 15) is 4.79 Å². The summed E-state index contributed by atoms with van der Waals surface area (Å²) in [5, 5.41) is 2.87. The van der Waals surface area contributed by atoms with Gasteiger partial charge in [0.05, 0.1) is 7.11 Å². The number of hydrogen-bond acceptors (Lipinski definition) is 4. The van der Waals surface area contributed by atoms with Crippen LogP contribution in [0, 0.1) is 6.92 Å². The number of aryl methyl sites for hydroxylation is 1. The van der Waals surface area contributed by atoms with E-state index in [1.54, 1.807) is 19.2 Å². The molecule has 0 fully saturated rings. The van der Waals surface area contributed by atoms with Gasteiger partial charge in [-0.25, -0.2) is 0 Å². The van der Waals surface area contributed by atoms with Crippen LogP contribution in [0.15, 0.2) is 48.5 Å². The Kier molecular flexibility index (Phi) is 7.49. The first-order chi connectivity index (χ1) is 11.7. The van der Waals surface area contributed by atoms with Crippen molar-refractivity contribution in [1.29, 1.82) is 0 Å². The normalized spacial score (nSPS) is 10.2. The monoisotopic (exact) mass is 345 g/mol. The molecule has 24 heavy (non-hydrogen) atoms. The second-order valence-electron chi connectivity index (χ2n) is 5.27. The van der Waals surface area contributed by atoms with E-state index in [4.69, 9.17) is 9.47 Å². The predicted molar refractivity (Wildman–Crippen MR) is 98.8 cm³/mol. The maximum Gasteiger partial charge on any atom is 0.257 e. The summed E-state index contributed by atoms with van der Waals surface area (Å²) in [6.45, 7) is 2.74. The molecular formula is C19H23NO3S. The summed E-state index contributed by atoms with van der Waals surface area (Å²) in [5.41, 5.74) is 2.65. The highest BCUT2D eigenvalue weighted by atomic mass is 32.2. The number of methoxy groups -OCH3 is 1. The SMILES string of the molecule is COc1ccccc1OCC(=O)NCCSCc1ccccc1C. The Morgan fingerprint density at radius 1 is 1.08 bits per heavy atom. The van der Waals surface area contributed by atoms with Crippen molar-refractivity contribution < 1.29 is 14.3 Å². The van der Waals surface area contributed by atoms with Gasteiger partial charge in [-0.15, -0.1) is 0 Å². The van der Waals surface area contributed by atoms with Crippen LogP contribution < -0.4 is 14.8 Å². The molecule has 4 nitrogen and oxygen atoms in total. The molecule has 0 atom stereocenters. The Morgan fingerprint density at radius 3 is 2.54 bits per heavy atom. The first-order valence-electron chi connectivity index (χ1n) is 7.85. The van der Waals surface area contributed by atoms with Gasteiger partial charge in [-0.1, -0.05) is 36.4 Å². The van der Waals surface area contributed by atoms with Crippen LogP contribution in [0.4, 0.5) is 0 Å². The molecule has 1 N–H and O–H groups in total. The average molecular weight is 345 g/mol. The fourth-order valence-electron chi connectivity index (χ4n) is 2.15. The Hall–Kier alpha value is -2.14. The topological polar surface area (TPSA) is 47.6 Å². The lowest BCUT2D eigenvalue weighted by atomic mass is 10.1. The Balaban J connectivity index is 1.62. The molecule has 128 valence electrons. The fourth-order valence-corrected chi connectivity index (χ4v) is 3.08. The number of nitrogens with one attached hydrogen (secondary N) is 1. The van der Waals surface area contributed by atoms with Crippen LogP contribution in [0.1, 0.15) is 11.1 Å². The van der Waals surface area contributed by atoms with Gasteiger partial charge in [-0.05, 0) is 30.2 Å². The number of carbonyl (C=O) groups is 1. The molecule has 0 radical (unpaired) electrons. The van der Waals surface area contributed by atoms with Crippen LogP contribution in [-0.2, 0) is 10.5 Å². The summed E-state index contributed by atoms with van der Waals surface area (Å²) in [4.78, 5) is 11.8. The lowest BCUT2D eigenvalue weighted by Crippen LogP contribution is -2.30. The highest BCUT2D eigenvalue weighted by Crippen LogP contribution is 2.25. The van der Waals surface area contributed by atoms with E-state index in [0.717, 1.165) is 11.5 Å². The van der Waals surface area contributed by atoms with Crippen LogP contribution in [0.2, 0.25) is 0 Å². The van der Waals surface area contributed by atoms with Gasteiger partial charge in [0.1, 0.15) is 0 Å². The summed E-state index contributed by atoms with van der Waals surface area (Å²) >= 11 is 1.81. The summed E-state index contributed by atoms with van der Waals surface area (Å²) in [7, 11) is 1.58. The molecule has 5 heteroatoms. The van der Waals surface area contributed by atoms with E-state index in [1.165, 1.54) is 11.1 Å². The van der Waals surface area contributed by atoms with E-state index >= 15 is 0 Å². The van der Waals surface area contributed by atoms with Crippen molar-refractivity contribution in [3.8, 4) is 11.5 Å². The first kappa shape index (κ1) is 18.2. The molecule has 0 unspecified atom stereocenters. The molecule has 0 aliphatic heterocycles. The van der Waals surface area contributed by atoms with Crippen molar-refractivity contribution in [2.45, 2.75) is 12.7 Å². The van der Waals surface area contributed by atoms with E-state index in [0.29, 0.717) is 18.0 Å². The van der Waals surface area contributed by atoms with Crippen LogP contribution in [-0.4, -0.2) is 31.9 Å². The second-order valence-corrected chi connectivity index (χ2v) is 6.37. The maximum absolute atomic E-state index is 11.8. The molecular weight excluding hydrogens is 322 g/mol. The number of benzene rings is 2. The van der Waals surface area contributed by atoms with Gasteiger partial charge in [-0.3, -0.25) is 4.79 Å². The molecule has 0 saturated heterocycles. The number of amides is 1. The highest BCUT2D eigenvalue weighted by Gasteiger charge is 2.06. The molecule has 0 aliphatic carbocycles. The Morgan fingerprint density at radius 2 is 1.79 bits per heavy atom. The van der Waals surface area contributed by atoms with E-state index in [-0.39, 0.29) is 12.5 Å². The molecule has 0 heterocycles. The zero-order chi connectivity index (χ0) is 17.2. The minimum Gasteiger partial charge on any atom is -0.493 e. The van der Waals surface area contributed by atoms with Gasteiger partial charge in [0.25, 0.3) is 5.91 Å². The van der Waals surface area contributed by atoms with Crippen LogP contribution in [0.25, 0.3) is 0 Å². The number of hydrogen-bond donors (Lipinski definition) is 1. The number of thioether (sulfide) groups is 1. The minimum atomic E-state index is -0.127. The van der Waals surface area contributed by atoms with E-state index in [1.807, 2.05) is 30.0 Å². The molecule has 0 saturated carbocycles. The second kappa shape index (κ2) is 9.88. The van der Waals surface area contributed by atoms with Gasteiger partial charge in [0, 0.05) is 18.1 Å². The van der Waals surface area contributed by atoms with Crippen molar-refractivity contribution in [3.63, 3.8) is 0 Å². The number of rotatable bonds is 9. The molecule has 0 aromatic heterocycles. The van der Waals surface area contributed by atoms with Crippen molar-refractivity contribution in [3.05, 3.63) is 59.7 Å². The summed E-state index contributed by atoms with van der Waals surface area (Å²) in [5.74, 6) is 2.90. The predicted octanol–water partition coefficient (Wildman–Crippen LogP) is 3.43. The number of carbonyl (C=O) groups excluding carboxylic acids is 1. The third-order valence-corrected chi connectivity index (χ3v) is 4.52. The molecule has 1 amide bonds. The van der Waals surface area contributed by atoms with Crippen LogP contribution in [0.5, 0.6) is 11.5 Å². The Bertz CT molecular complexity index is 661. The largest absolute Gasteiger partial charge is 0.493 e. The number of para-hydroxylation sites is 2. The summed E-state index contributed by atoms with van der Waals surface area (Å²) in [6, 6.07) is 15.6. The zero-order valence-electron chi connectivity index (χ0n) is 14.1. The third-order valence-electron chi connectivity index (χ3n) is 3.52. The molecule has 2 aromatic carbocycles. The molecule has 2 aromatic rings. The lowest BCUT2D eigenvalue weighted by molar-refractivity contribution is -0.122. The molecule has 0 aliphatic rings. The van der Waals surface area contributed by atoms with Crippen LogP contribution in [0.3, 0.4) is 0 Å². The fraction of sp³-hybridized carbons (Fsp3) is 0.316. The number of ether oxygens (including phenoxy) is 2. The quantitative estimate of drug-likeness (QED) is 0.707. The molecule has 2 rings (SSSR count). The molecule has 0 spiro atoms. The maximum atomic E-state index is 11.8. The standard InChI is InChI=1S/C19H23NO3S/c1-15-7-3-4-8-16(15)14-24-12-11-20-19(21)13-23-18-10-6-5-9-17(18)22-2/h3-10H,11-14H2,1-2H3,(H,20,21). The van der Waals surface area contributed by atoms with Gasteiger partial charge >= 0.3 is 0 Å². The smallest absolute Gasteiger partial charge is 0.257 e. The van der Waals surface area contributed by atoms with Crippen LogP contribution >= 0.6 is 11.8 Å². The average Bonchev–Trinajstić information content (AvgIpc) is 2.61. The summed E-state index contributed by atoms with van der Waals surface area (Å²) < 4.78 is 10.7. The first-order valence-corrected chi connectivity index (χ1v) is 9.01. The van der Waals surface area contributed by atoms with Crippen molar-refractivity contribution in [2.24, 2.45) is 0 Å². The van der Waals surface area contributed by atoms with E-state index < -0.39 is 0 Å². The van der Waals surface area contributed by atoms with Gasteiger partial charge in [-0.2, -0.15) is 11.8 Å². The van der Waals surface area contributed by atoms with Crippen molar-refractivity contribution >= 4 is 17.7 Å². The molecule has 0 bridgehead atoms. The zero-order valence-corrected chi connectivity index (χ0v) is 14.9. The van der Waals surface area contributed by atoms with Crippen molar-refractivity contribution in [2.75, 3.05) is 26.0 Å². The Labute approximate surface area is 147 Å². The third kappa shape index (κ3) is 5.81. The highest BCUT2D eigenvalue weighted by molar-refractivity contribution is 7.98. The lowest BCUT2D eigenvalue weighted by Gasteiger charge is -2.10. The van der Waals surface area contributed by atoms with Gasteiger partial charge < -0.3 is 14.8 Å². The van der Waals surface area contributed by atoms with Gasteiger partial charge in [0.15, 0.2) is 18.1 Å².